The van der Waals surface area contributed by atoms with Gasteiger partial charge < -0.3 is 9.80 Å². The molecule has 1 aliphatic carbocycles. The Hall–Kier alpha value is -11.8. The normalized spacial score (nSPS) is 12.3. The summed E-state index contributed by atoms with van der Waals surface area (Å²) in [5.74, 6) is 0. The van der Waals surface area contributed by atoms with Crippen molar-refractivity contribution in [2.45, 2.75) is 33.1 Å². The standard InChI is InChI=1S/C93H68N2/c1-61-31-45-71(46-32-61)94(72-47-33-62(2)34-48-72)75-53-41-69(42-54-75)93(70-43-55-76(56-44-70)95(73-49-35-63(3)36-50-73)74-51-37-64(4)38-52-74)87-59-67(91-83-27-15-11-23-79(83)89(65-19-7-5-8-20-65)80-24-12-16-28-84(80)91)39-57-77(87)78-58-40-68(60-88(78)93)92-85-29-17-13-25-81(85)90(66-21-9-6-10-22-66)82-26-14-18-30-86(82)92/h5-60H,1-4H3. The molecule has 95 heavy (non-hydrogen) atoms. The van der Waals surface area contributed by atoms with Crippen LogP contribution in [0.4, 0.5) is 34.1 Å². The van der Waals surface area contributed by atoms with E-state index >= 15 is 0 Å². The summed E-state index contributed by atoms with van der Waals surface area (Å²) in [4.78, 5) is 4.79. The SMILES string of the molecule is Cc1ccc(N(c2ccc(C)cc2)c2ccc(C3(c4ccc(N(c5ccc(C)cc5)c5ccc(C)cc5)cc4)c4cc(-c5c6ccccc6c(-c6ccccc6)c6ccccc56)ccc4-c4ccc(-c5c6ccccc6c(-c6ccccc6)c6ccccc56)cc43)cc2)cc1. The van der Waals surface area contributed by atoms with Crippen LogP contribution in [0.25, 0.3) is 98.7 Å². The molecule has 0 spiro atoms. The fourth-order valence-electron chi connectivity index (χ4n) is 15.5. The van der Waals surface area contributed by atoms with E-state index in [0.29, 0.717) is 0 Å². The maximum Gasteiger partial charge on any atom is 0.0714 e. The summed E-state index contributed by atoms with van der Waals surface area (Å²) in [5, 5.41) is 9.81. The first-order chi connectivity index (χ1) is 46.8. The average molecular weight is 1210 g/mol. The number of nitrogens with zero attached hydrogens (tertiary/aromatic N) is 2. The van der Waals surface area contributed by atoms with E-state index in [1.54, 1.807) is 0 Å². The smallest absolute Gasteiger partial charge is 0.0714 e. The van der Waals surface area contributed by atoms with E-state index < -0.39 is 5.41 Å². The van der Waals surface area contributed by atoms with Crippen molar-refractivity contribution in [3.05, 3.63) is 384 Å². The molecule has 2 nitrogen and oxygen atoms in total. The summed E-state index contributed by atoms with van der Waals surface area (Å²) in [6.45, 7) is 8.64. The van der Waals surface area contributed by atoms with Gasteiger partial charge in [0.25, 0.3) is 0 Å². The minimum absolute atomic E-state index is 0.865. The molecule has 0 saturated carbocycles. The highest BCUT2D eigenvalue weighted by Gasteiger charge is 2.47. The molecule has 0 amide bonds. The van der Waals surface area contributed by atoms with Crippen LogP contribution in [0.5, 0.6) is 0 Å². The minimum atomic E-state index is -0.865. The third-order valence-corrected chi connectivity index (χ3v) is 20.0. The first-order valence-electron chi connectivity index (χ1n) is 33.1. The van der Waals surface area contributed by atoms with E-state index in [-0.39, 0.29) is 0 Å². The van der Waals surface area contributed by atoms with Crippen LogP contribution in [-0.4, -0.2) is 0 Å². The summed E-state index contributed by atoms with van der Waals surface area (Å²) in [7, 11) is 0. The molecule has 1 aliphatic rings. The van der Waals surface area contributed by atoms with Crippen LogP contribution in [-0.2, 0) is 5.41 Å². The maximum absolute atomic E-state index is 2.57. The predicted octanol–water partition coefficient (Wildman–Crippen LogP) is 25.5. The zero-order chi connectivity index (χ0) is 63.7. The first kappa shape index (κ1) is 57.1. The lowest BCUT2D eigenvalue weighted by Gasteiger charge is -2.36. The molecular formula is C93H68N2. The molecule has 0 atom stereocenters. The van der Waals surface area contributed by atoms with Crippen LogP contribution in [0.15, 0.2) is 340 Å². The molecule has 0 radical (unpaired) electrons. The third kappa shape index (κ3) is 9.63. The highest BCUT2D eigenvalue weighted by Crippen LogP contribution is 2.60. The molecule has 0 fully saturated rings. The molecule has 16 aromatic carbocycles. The Labute approximate surface area is 556 Å². The molecule has 0 aromatic heterocycles. The van der Waals surface area contributed by atoms with Crippen molar-refractivity contribution in [1.29, 1.82) is 0 Å². The molecule has 0 aliphatic heterocycles. The van der Waals surface area contributed by atoms with Crippen LogP contribution in [0.2, 0.25) is 0 Å². The van der Waals surface area contributed by atoms with Crippen molar-refractivity contribution in [3.63, 3.8) is 0 Å². The Balaban J connectivity index is 0.967. The second-order valence-corrected chi connectivity index (χ2v) is 25.8. The second-order valence-electron chi connectivity index (χ2n) is 25.8. The summed E-state index contributed by atoms with van der Waals surface area (Å²) in [6.07, 6.45) is 0. The van der Waals surface area contributed by atoms with Crippen LogP contribution in [0.1, 0.15) is 44.5 Å². The molecule has 16 aromatic rings. The van der Waals surface area contributed by atoms with E-state index in [4.69, 9.17) is 0 Å². The van der Waals surface area contributed by atoms with Crippen molar-refractivity contribution in [2.75, 3.05) is 9.80 Å². The van der Waals surface area contributed by atoms with Crippen LogP contribution >= 0.6 is 0 Å². The topological polar surface area (TPSA) is 6.48 Å². The Morgan fingerprint density at radius 3 is 0.674 bits per heavy atom. The van der Waals surface area contributed by atoms with Gasteiger partial charge in [0.15, 0.2) is 0 Å². The van der Waals surface area contributed by atoms with Gasteiger partial charge in [0, 0.05) is 34.1 Å². The molecule has 2 heteroatoms. The summed E-state index contributed by atoms with van der Waals surface area (Å²) in [5.41, 5.74) is 27.6. The maximum atomic E-state index is 2.57. The van der Waals surface area contributed by atoms with Gasteiger partial charge in [-0.25, -0.2) is 0 Å². The Kier molecular flexibility index (Phi) is 14.0. The molecule has 450 valence electrons. The number of rotatable bonds is 12. The van der Waals surface area contributed by atoms with Gasteiger partial charge in [-0.15, -0.1) is 0 Å². The largest absolute Gasteiger partial charge is 0.311 e. The van der Waals surface area contributed by atoms with Crippen molar-refractivity contribution in [2.24, 2.45) is 0 Å². The number of fused-ring (bicyclic) bond motifs is 7. The lowest BCUT2D eigenvalue weighted by molar-refractivity contribution is 0.769. The van der Waals surface area contributed by atoms with Crippen LogP contribution < -0.4 is 9.80 Å². The molecule has 17 rings (SSSR count). The highest BCUT2D eigenvalue weighted by atomic mass is 15.1. The first-order valence-corrected chi connectivity index (χ1v) is 33.1. The molecular weight excluding hydrogens is 1150 g/mol. The summed E-state index contributed by atoms with van der Waals surface area (Å²) >= 11 is 0. The van der Waals surface area contributed by atoms with E-state index in [0.717, 1.165) is 34.1 Å². The molecule has 0 saturated heterocycles. The minimum Gasteiger partial charge on any atom is -0.311 e. The lowest BCUT2D eigenvalue weighted by Crippen LogP contribution is -2.29. The van der Waals surface area contributed by atoms with Gasteiger partial charge >= 0.3 is 0 Å². The predicted molar refractivity (Wildman–Crippen MR) is 404 cm³/mol. The summed E-state index contributed by atoms with van der Waals surface area (Å²) in [6, 6.07) is 128. The van der Waals surface area contributed by atoms with Gasteiger partial charge in [-0.3, -0.25) is 0 Å². The van der Waals surface area contributed by atoms with E-state index in [9.17, 15) is 0 Å². The molecule has 0 bridgehead atoms. The van der Waals surface area contributed by atoms with Crippen LogP contribution in [0.3, 0.4) is 0 Å². The average Bonchev–Trinajstić information content (AvgIpc) is 1.58. The quantitative estimate of drug-likeness (QED) is 0.113. The fourth-order valence-corrected chi connectivity index (χ4v) is 15.5. The number of aryl methyl sites for hydroxylation is 4. The number of hydrogen-bond donors (Lipinski definition) is 0. The summed E-state index contributed by atoms with van der Waals surface area (Å²) < 4.78 is 0. The van der Waals surface area contributed by atoms with Gasteiger partial charge in [-0.1, -0.05) is 277 Å². The van der Waals surface area contributed by atoms with Crippen molar-refractivity contribution in [3.8, 4) is 55.6 Å². The van der Waals surface area contributed by atoms with Gasteiger partial charge in [0.2, 0.25) is 0 Å². The lowest BCUT2D eigenvalue weighted by atomic mass is 9.67. The van der Waals surface area contributed by atoms with Gasteiger partial charge in [0.1, 0.15) is 0 Å². The van der Waals surface area contributed by atoms with Gasteiger partial charge in [-0.05, 0) is 234 Å². The Morgan fingerprint density at radius 2 is 0.421 bits per heavy atom. The zero-order valence-electron chi connectivity index (χ0n) is 53.7. The fraction of sp³-hybridized carbons (Fsp3) is 0.0538. The van der Waals surface area contributed by atoms with Crippen LogP contribution in [0, 0.1) is 27.7 Å². The van der Waals surface area contributed by atoms with Gasteiger partial charge in [0.05, 0.1) is 5.41 Å². The molecule has 0 unspecified atom stereocenters. The van der Waals surface area contributed by atoms with Crippen molar-refractivity contribution < 1.29 is 0 Å². The van der Waals surface area contributed by atoms with Gasteiger partial charge in [-0.2, -0.15) is 0 Å². The van der Waals surface area contributed by atoms with Crippen molar-refractivity contribution in [1.82, 2.24) is 0 Å². The Morgan fingerprint density at radius 1 is 0.200 bits per heavy atom. The molecule has 0 N–H and O–H groups in total. The molecule has 0 heterocycles. The number of hydrogen-bond acceptors (Lipinski definition) is 2. The van der Waals surface area contributed by atoms with E-state index in [2.05, 4.69) is 377 Å². The van der Waals surface area contributed by atoms with E-state index in [1.165, 1.54) is 143 Å². The Bertz CT molecular complexity index is 5020. The third-order valence-electron chi connectivity index (χ3n) is 20.0. The second kappa shape index (κ2) is 23.4. The number of benzene rings is 16. The van der Waals surface area contributed by atoms with E-state index in [1.807, 2.05) is 0 Å². The number of anilines is 6. The zero-order valence-corrected chi connectivity index (χ0v) is 53.7. The van der Waals surface area contributed by atoms with Crippen molar-refractivity contribution >= 4 is 77.2 Å². The monoisotopic (exact) mass is 1210 g/mol. The highest BCUT2D eigenvalue weighted by molar-refractivity contribution is 6.23.